The van der Waals surface area contributed by atoms with Gasteiger partial charge >= 0.3 is 0 Å². The molecule has 122 valence electrons. The van der Waals surface area contributed by atoms with Crippen LogP contribution in [-0.4, -0.2) is 37.5 Å². The van der Waals surface area contributed by atoms with Crippen LogP contribution in [0, 0.1) is 6.92 Å². The number of hydrogen-bond donors (Lipinski definition) is 3. The molecule has 0 heterocycles. The van der Waals surface area contributed by atoms with E-state index in [4.69, 9.17) is 0 Å². The number of aliphatic imine (C=N–C) groups is 1. The molecule has 2 rings (SSSR count). The summed E-state index contributed by atoms with van der Waals surface area (Å²) in [4.78, 5) is 16.4. The van der Waals surface area contributed by atoms with Crippen LogP contribution in [0.15, 0.2) is 29.3 Å². The summed E-state index contributed by atoms with van der Waals surface area (Å²) >= 11 is 0. The summed E-state index contributed by atoms with van der Waals surface area (Å²) in [6.07, 6.45) is 2.43. The lowest BCUT2D eigenvalue weighted by Gasteiger charge is -2.10. The summed E-state index contributed by atoms with van der Waals surface area (Å²) in [5.74, 6) is 0.791. The number of carbonyl (C=O) groups is 1. The maximum atomic E-state index is 12.0. The first-order valence-corrected chi connectivity index (χ1v) is 7.58. The number of carbonyl (C=O) groups excluding carboxylic acids is 1. The van der Waals surface area contributed by atoms with Crippen LogP contribution in [0.5, 0.6) is 0 Å². The van der Waals surface area contributed by atoms with E-state index in [1.165, 1.54) is 12.8 Å². The third-order valence-corrected chi connectivity index (χ3v) is 3.21. The van der Waals surface area contributed by atoms with E-state index in [0.717, 1.165) is 18.1 Å². The van der Waals surface area contributed by atoms with Gasteiger partial charge in [-0.25, -0.2) is 0 Å². The zero-order valence-corrected chi connectivity index (χ0v) is 15.5. The summed E-state index contributed by atoms with van der Waals surface area (Å²) in [6, 6.07) is 8.16. The largest absolute Gasteiger partial charge is 0.357 e. The summed E-state index contributed by atoms with van der Waals surface area (Å²) in [5, 5.41) is 9.44. The average molecular weight is 416 g/mol. The van der Waals surface area contributed by atoms with Crippen LogP contribution in [0.4, 0.5) is 0 Å². The molecule has 0 bridgehead atoms. The summed E-state index contributed by atoms with van der Waals surface area (Å²) in [6.45, 7) is 5.97. The number of halogens is 1. The van der Waals surface area contributed by atoms with Gasteiger partial charge in [0.05, 0.1) is 6.54 Å². The van der Waals surface area contributed by atoms with E-state index >= 15 is 0 Å². The number of hydrogen-bond acceptors (Lipinski definition) is 2. The maximum Gasteiger partial charge on any atom is 0.251 e. The second kappa shape index (κ2) is 9.66. The predicted molar refractivity (Wildman–Crippen MR) is 101 cm³/mol. The fraction of sp³-hybridized carbons (Fsp3) is 0.500. The molecule has 6 heteroatoms. The third-order valence-electron chi connectivity index (χ3n) is 3.21. The van der Waals surface area contributed by atoms with E-state index in [9.17, 15) is 4.79 Å². The molecule has 1 aliphatic carbocycles. The van der Waals surface area contributed by atoms with Gasteiger partial charge < -0.3 is 16.0 Å². The molecule has 0 aromatic heterocycles. The van der Waals surface area contributed by atoms with Gasteiger partial charge in [-0.15, -0.1) is 24.0 Å². The van der Waals surface area contributed by atoms with Crippen molar-refractivity contribution in [1.82, 2.24) is 16.0 Å². The Kier molecular flexibility index (Phi) is 8.22. The van der Waals surface area contributed by atoms with Crippen LogP contribution in [0.1, 0.15) is 35.7 Å². The highest BCUT2D eigenvalue weighted by molar-refractivity contribution is 14.0. The van der Waals surface area contributed by atoms with E-state index in [0.29, 0.717) is 24.7 Å². The lowest BCUT2D eigenvalue weighted by Crippen LogP contribution is -2.39. The number of rotatable bonds is 6. The monoisotopic (exact) mass is 416 g/mol. The van der Waals surface area contributed by atoms with Crippen molar-refractivity contribution in [3.8, 4) is 0 Å². The lowest BCUT2D eigenvalue weighted by atomic mass is 10.1. The third kappa shape index (κ3) is 6.64. The molecule has 0 unspecified atom stereocenters. The molecule has 0 radical (unpaired) electrons. The van der Waals surface area contributed by atoms with Crippen molar-refractivity contribution in [2.24, 2.45) is 4.99 Å². The normalized spacial score (nSPS) is 14.0. The summed E-state index contributed by atoms with van der Waals surface area (Å²) in [7, 11) is 0. The minimum absolute atomic E-state index is 0. The minimum atomic E-state index is -0.0472. The van der Waals surface area contributed by atoms with Gasteiger partial charge in [-0.3, -0.25) is 9.79 Å². The van der Waals surface area contributed by atoms with Crippen molar-refractivity contribution in [2.75, 3.05) is 19.6 Å². The standard InChI is InChI=1S/C16H24N4O.HI/c1-3-17-16(20-14-7-8-14)19-10-9-18-15(21)13-6-4-5-12(2)11-13;/h4-6,11,14H,3,7-10H2,1-2H3,(H,18,21)(H2,17,19,20);1H. The molecule has 0 atom stereocenters. The minimum Gasteiger partial charge on any atom is -0.357 e. The molecule has 0 aliphatic heterocycles. The second-order valence-corrected chi connectivity index (χ2v) is 5.30. The fourth-order valence-electron chi connectivity index (χ4n) is 1.97. The van der Waals surface area contributed by atoms with Gasteiger partial charge in [0.15, 0.2) is 5.96 Å². The molecular weight excluding hydrogens is 391 g/mol. The number of aryl methyl sites for hydroxylation is 1. The van der Waals surface area contributed by atoms with Crippen molar-refractivity contribution in [3.05, 3.63) is 35.4 Å². The van der Waals surface area contributed by atoms with Crippen LogP contribution >= 0.6 is 24.0 Å². The number of guanidine groups is 1. The van der Waals surface area contributed by atoms with E-state index in [2.05, 4.69) is 20.9 Å². The number of nitrogens with zero attached hydrogens (tertiary/aromatic N) is 1. The highest BCUT2D eigenvalue weighted by Gasteiger charge is 2.21. The van der Waals surface area contributed by atoms with Crippen LogP contribution in [0.2, 0.25) is 0 Å². The quantitative estimate of drug-likeness (QED) is 0.288. The Morgan fingerprint density at radius 2 is 2.09 bits per heavy atom. The predicted octanol–water partition coefficient (Wildman–Crippen LogP) is 2.06. The Hall–Kier alpha value is -1.31. The summed E-state index contributed by atoms with van der Waals surface area (Å²) < 4.78 is 0. The zero-order chi connectivity index (χ0) is 15.1. The Balaban J connectivity index is 0.00000242. The Labute approximate surface area is 149 Å². The van der Waals surface area contributed by atoms with E-state index in [1.807, 2.05) is 38.1 Å². The van der Waals surface area contributed by atoms with Gasteiger partial charge in [-0.05, 0) is 38.8 Å². The Morgan fingerprint density at radius 1 is 1.32 bits per heavy atom. The van der Waals surface area contributed by atoms with Crippen LogP contribution < -0.4 is 16.0 Å². The van der Waals surface area contributed by atoms with Crippen LogP contribution in [-0.2, 0) is 0 Å². The van der Waals surface area contributed by atoms with Crippen molar-refractivity contribution in [2.45, 2.75) is 32.7 Å². The SMILES string of the molecule is CCNC(=NCCNC(=O)c1cccc(C)c1)NC1CC1.I. The molecule has 0 spiro atoms. The molecule has 1 aliphatic rings. The molecule has 1 amide bonds. The van der Waals surface area contributed by atoms with Gasteiger partial charge in [0, 0.05) is 24.7 Å². The Morgan fingerprint density at radius 3 is 2.73 bits per heavy atom. The smallest absolute Gasteiger partial charge is 0.251 e. The topological polar surface area (TPSA) is 65.5 Å². The first-order valence-electron chi connectivity index (χ1n) is 7.58. The molecule has 1 aromatic rings. The maximum absolute atomic E-state index is 12.0. The van der Waals surface area contributed by atoms with E-state index in [-0.39, 0.29) is 29.9 Å². The number of benzene rings is 1. The van der Waals surface area contributed by atoms with Crippen LogP contribution in [0.3, 0.4) is 0 Å². The molecule has 3 N–H and O–H groups in total. The first-order chi connectivity index (χ1) is 10.2. The number of amides is 1. The average Bonchev–Trinajstić information content (AvgIpc) is 3.27. The fourth-order valence-corrected chi connectivity index (χ4v) is 1.97. The molecule has 22 heavy (non-hydrogen) atoms. The summed E-state index contributed by atoms with van der Waals surface area (Å²) in [5.41, 5.74) is 1.78. The second-order valence-electron chi connectivity index (χ2n) is 5.30. The molecular formula is C16H25IN4O. The highest BCUT2D eigenvalue weighted by atomic mass is 127. The highest BCUT2D eigenvalue weighted by Crippen LogP contribution is 2.18. The lowest BCUT2D eigenvalue weighted by molar-refractivity contribution is 0.0954. The van der Waals surface area contributed by atoms with Crippen molar-refractivity contribution in [1.29, 1.82) is 0 Å². The van der Waals surface area contributed by atoms with Gasteiger partial charge in [-0.1, -0.05) is 17.7 Å². The molecule has 1 saturated carbocycles. The molecule has 5 nitrogen and oxygen atoms in total. The van der Waals surface area contributed by atoms with Crippen molar-refractivity contribution in [3.63, 3.8) is 0 Å². The zero-order valence-electron chi connectivity index (χ0n) is 13.2. The van der Waals surface area contributed by atoms with E-state index in [1.54, 1.807) is 0 Å². The van der Waals surface area contributed by atoms with Gasteiger partial charge in [0.2, 0.25) is 0 Å². The molecule has 1 fully saturated rings. The Bertz CT molecular complexity index is 515. The molecule has 0 saturated heterocycles. The van der Waals surface area contributed by atoms with Crippen molar-refractivity contribution >= 4 is 35.8 Å². The number of nitrogens with one attached hydrogen (secondary N) is 3. The van der Waals surface area contributed by atoms with Gasteiger partial charge in [-0.2, -0.15) is 0 Å². The molecule has 1 aromatic carbocycles. The van der Waals surface area contributed by atoms with Gasteiger partial charge in [0.1, 0.15) is 0 Å². The van der Waals surface area contributed by atoms with E-state index < -0.39 is 0 Å². The first kappa shape index (κ1) is 18.7. The van der Waals surface area contributed by atoms with Crippen molar-refractivity contribution < 1.29 is 4.79 Å². The van der Waals surface area contributed by atoms with Gasteiger partial charge in [0.25, 0.3) is 5.91 Å². The van der Waals surface area contributed by atoms with Crippen LogP contribution in [0.25, 0.3) is 0 Å².